The van der Waals surface area contributed by atoms with E-state index in [1.54, 1.807) is 6.92 Å². The Morgan fingerprint density at radius 2 is 2.00 bits per heavy atom. The molecule has 124 valence electrons. The Labute approximate surface area is 133 Å². The van der Waals surface area contributed by atoms with Crippen LogP contribution in [0.5, 0.6) is 0 Å². The molecule has 1 heterocycles. The average Bonchev–Trinajstić information content (AvgIpc) is 2.42. The molecule has 0 saturated heterocycles. The number of carbonyl (C=O) groups is 3. The van der Waals surface area contributed by atoms with E-state index in [1.807, 2.05) is 13.8 Å². The molecule has 0 aliphatic heterocycles. The minimum Gasteiger partial charge on any atom is -0.480 e. The van der Waals surface area contributed by atoms with Crippen LogP contribution in [0.4, 0.5) is 0 Å². The van der Waals surface area contributed by atoms with Crippen molar-refractivity contribution in [1.29, 1.82) is 0 Å². The number of fused-ring (bicyclic) bond motifs is 1. The highest BCUT2D eigenvalue weighted by atomic mass is 16.4. The van der Waals surface area contributed by atoms with Crippen LogP contribution in [0.1, 0.15) is 60.0 Å². The third kappa shape index (κ3) is 3.49. The molecule has 23 heavy (non-hydrogen) atoms. The number of aromatic nitrogens is 1. The van der Waals surface area contributed by atoms with Crippen molar-refractivity contribution in [3.63, 3.8) is 0 Å². The highest BCUT2D eigenvalue weighted by molar-refractivity contribution is 6.02. The predicted molar refractivity (Wildman–Crippen MR) is 82.7 cm³/mol. The molecular formula is C16H20N2O5. The number of ketones is 1. The van der Waals surface area contributed by atoms with Crippen LogP contribution in [0.15, 0.2) is 10.9 Å². The number of pyridine rings is 1. The van der Waals surface area contributed by atoms with Gasteiger partial charge in [-0.25, -0.2) is 4.79 Å². The van der Waals surface area contributed by atoms with E-state index >= 15 is 0 Å². The van der Waals surface area contributed by atoms with E-state index in [4.69, 9.17) is 5.11 Å². The molecule has 7 nitrogen and oxygen atoms in total. The molecule has 3 N–H and O–H groups in total. The maximum atomic E-state index is 12.2. The van der Waals surface area contributed by atoms with Crippen molar-refractivity contribution >= 4 is 17.7 Å². The van der Waals surface area contributed by atoms with E-state index in [-0.39, 0.29) is 23.2 Å². The Morgan fingerprint density at radius 3 is 2.57 bits per heavy atom. The van der Waals surface area contributed by atoms with Gasteiger partial charge in [0.25, 0.3) is 11.5 Å². The van der Waals surface area contributed by atoms with Gasteiger partial charge in [-0.05, 0) is 24.3 Å². The minimum atomic E-state index is -1.17. The summed E-state index contributed by atoms with van der Waals surface area (Å²) in [5.41, 5.74) is -0.244. The van der Waals surface area contributed by atoms with Gasteiger partial charge in [0, 0.05) is 17.7 Å². The van der Waals surface area contributed by atoms with Gasteiger partial charge in [0.2, 0.25) is 0 Å². The number of hydrogen-bond acceptors (Lipinski definition) is 4. The standard InChI is InChI=1S/C16H20N2O5/c1-4-10(15(22)23)17-13(20)9-5-8-11(18-14(9)21)6-16(2,3)7-12(8)19/h5,10H,4,6-7H2,1-3H3,(H,17,20)(H,18,21)(H,22,23). The fraction of sp³-hybridized carbons (Fsp3) is 0.500. The van der Waals surface area contributed by atoms with Gasteiger partial charge in [0.05, 0.1) is 0 Å². The highest BCUT2D eigenvalue weighted by Gasteiger charge is 2.33. The summed E-state index contributed by atoms with van der Waals surface area (Å²) in [6.07, 6.45) is 1.06. The second-order valence-electron chi connectivity index (χ2n) is 6.62. The maximum absolute atomic E-state index is 12.2. The molecule has 0 radical (unpaired) electrons. The fourth-order valence-corrected chi connectivity index (χ4v) is 2.77. The van der Waals surface area contributed by atoms with Crippen LogP contribution in [0.3, 0.4) is 0 Å². The molecule has 0 spiro atoms. The van der Waals surface area contributed by atoms with E-state index in [0.717, 1.165) is 0 Å². The van der Waals surface area contributed by atoms with Crippen molar-refractivity contribution in [3.05, 3.63) is 33.2 Å². The van der Waals surface area contributed by atoms with Crippen molar-refractivity contribution in [2.24, 2.45) is 5.41 Å². The Bertz CT molecular complexity index is 732. The number of Topliss-reactive ketones (excluding diaryl/α,β-unsaturated/α-hetero) is 1. The largest absolute Gasteiger partial charge is 0.480 e. The Kier molecular flexibility index (Phi) is 4.40. The summed E-state index contributed by atoms with van der Waals surface area (Å²) in [7, 11) is 0. The van der Waals surface area contributed by atoms with E-state index < -0.39 is 23.5 Å². The molecule has 0 fully saturated rings. The zero-order chi connectivity index (χ0) is 17.4. The van der Waals surface area contributed by atoms with Crippen molar-refractivity contribution in [2.45, 2.75) is 46.1 Å². The molecule has 1 aromatic heterocycles. The number of H-pyrrole nitrogens is 1. The molecule has 7 heteroatoms. The van der Waals surface area contributed by atoms with Crippen LogP contribution in [0.25, 0.3) is 0 Å². The highest BCUT2D eigenvalue weighted by Crippen LogP contribution is 2.33. The average molecular weight is 320 g/mol. The van der Waals surface area contributed by atoms with Gasteiger partial charge < -0.3 is 15.4 Å². The summed E-state index contributed by atoms with van der Waals surface area (Å²) >= 11 is 0. The first-order chi connectivity index (χ1) is 10.6. The Balaban J connectivity index is 2.37. The molecular weight excluding hydrogens is 300 g/mol. The number of hydrogen-bond donors (Lipinski definition) is 3. The number of aromatic amines is 1. The smallest absolute Gasteiger partial charge is 0.326 e. The zero-order valence-corrected chi connectivity index (χ0v) is 13.4. The van der Waals surface area contributed by atoms with Gasteiger partial charge in [0.15, 0.2) is 5.78 Å². The summed E-state index contributed by atoms with van der Waals surface area (Å²) in [5, 5.41) is 11.3. The lowest BCUT2D eigenvalue weighted by Gasteiger charge is -2.29. The SMILES string of the molecule is CCC(NC(=O)c1cc2c([nH]c1=O)CC(C)(C)CC2=O)C(=O)O. The summed E-state index contributed by atoms with van der Waals surface area (Å²) in [6, 6.07) is 0.197. The van der Waals surface area contributed by atoms with Gasteiger partial charge >= 0.3 is 5.97 Å². The summed E-state index contributed by atoms with van der Waals surface area (Å²) in [4.78, 5) is 50.1. The van der Waals surface area contributed by atoms with E-state index in [2.05, 4.69) is 10.3 Å². The van der Waals surface area contributed by atoms with Crippen LogP contribution in [0.2, 0.25) is 0 Å². The molecule has 1 atom stereocenters. The van der Waals surface area contributed by atoms with Gasteiger partial charge in [0.1, 0.15) is 11.6 Å². The minimum absolute atomic E-state index is 0.133. The summed E-state index contributed by atoms with van der Waals surface area (Å²) < 4.78 is 0. The zero-order valence-electron chi connectivity index (χ0n) is 13.4. The van der Waals surface area contributed by atoms with Crippen molar-refractivity contribution < 1.29 is 19.5 Å². The second-order valence-corrected chi connectivity index (χ2v) is 6.62. The van der Waals surface area contributed by atoms with Crippen molar-refractivity contribution in [2.75, 3.05) is 0 Å². The van der Waals surface area contributed by atoms with Crippen molar-refractivity contribution in [3.8, 4) is 0 Å². The summed E-state index contributed by atoms with van der Waals surface area (Å²) in [6.45, 7) is 5.48. The van der Waals surface area contributed by atoms with Gasteiger partial charge in [-0.1, -0.05) is 20.8 Å². The first kappa shape index (κ1) is 16.9. The van der Waals surface area contributed by atoms with Crippen LogP contribution in [-0.4, -0.2) is 33.8 Å². The topological polar surface area (TPSA) is 116 Å². The first-order valence-electron chi connectivity index (χ1n) is 7.47. The van der Waals surface area contributed by atoms with E-state index in [1.165, 1.54) is 6.07 Å². The lowest BCUT2D eigenvalue weighted by Crippen LogP contribution is -2.42. The quantitative estimate of drug-likeness (QED) is 0.769. The van der Waals surface area contributed by atoms with Gasteiger partial charge in [-0.15, -0.1) is 0 Å². The molecule has 2 rings (SSSR count). The molecule has 1 aliphatic rings. The lowest BCUT2D eigenvalue weighted by molar-refractivity contribution is -0.139. The lowest BCUT2D eigenvalue weighted by atomic mass is 9.75. The predicted octanol–water partition coefficient (Wildman–Crippen LogP) is 1.12. The van der Waals surface area contributed by atoms with Crippen LogP contribution in [-0.2, 0) is 11.2 Å². The van der Waals surface area contributed by atoms with Gasteiger partial charge in [-0.3, -0.25) is 14.4 Å². The number of amides is 1. The molecule has 0 aromatic carbocycles. The third-order valence-electron chi connectivity index (χ3n) is 3.97. The van der Waals surface area contributed by atoms with Gasteiger partial charge in [-0.2, -0.15) is 0 Å². The number of rotatable bonds is 4. The number of carboxylic acid groups (broad SMARTS) is 1. The number of nitrogens with one attached hydrogen (secondary N) is 2. The molecule has 1 unspecified atom stereocenters. The molecule has 1 aliphatic carbocycles. The second kappa shape index (κ2) is 5.98. The fourth-order valence-electron chi connectivity index (χ4n) is 2.77. The molecule has 0 bridgehead atoms. The number of aliphatic carboxylic acids is 1. The van der Waals surface area contributed by atoms with E-state index in [0.29, 0.717) is 24.1 Å². The van der Waals surface area contributed by atoms with E-state index in [9.17, 15) is 19.2 Å². The number of carboxylic acids is 1. The monoisotopic (exact) mass is 320 g/mol. The summed E-state index contributed by atoms with van der Waals surface area (Å²) in [5.74, 6) is -2.10. The Hall–Kier alpha value is -2.44. The Morgan fingerprint density at radius 1 is 1.35 bits per heavy atom. The van der Waals surface area contributed by atoms with Crippen LogP contribution in [0, 0.1) is 5.41 Å². The third-order valence-corrected chi connectivity index (χ3v) is 3.97. The normalized spacial score (nSPS) is 17.3. The van der Waals surface area contributed by atoms with Crippen LogP contribution < -0.4 is 10.9 Å². The molecule has 1 aromatic rings. The first-order valence-corrected chi connectivity index (χ1v) is 7.47. The van der Waals surface area contributed by atoms with Crippen molar-refractivity contribution in [1.82, 2.24) is 10.3 Å². The molecule has 1 amide bonds. The number of carbonyl (C=O) groups excluding carboxylic acids is 2. The molecule has 0 saturated carbocycles. The van der Waals surface area contributed by atoms with Crippen LogP contribution >= 0.6 is 0 Å². The maximum Gasteiger partial charge on any atom is 0.326 e.